The largest absolute Gasteiger partial charge is 0.481 e. The number of amides is 2. The van der Waals surface area contributed by atoms with Gasteiger partial charge >= 0.3 is 12.0 Å². The molecule has 0 spiro atoms. The van der Waals surface area contributed by atoms with E-state index in [0.29, 0.717) is 62.2 Å². The number of carboxylic acid groups (broad SMARTS) is 1. The summed E-state index contributed by atoms with van der Waals surface area (Å²) in [6.07, 6.45) is 6.77. The SMILES string of the molecule is CCN(C(N)=O)c1nc2c(s1)C(=C=NOC(C)COC)C=C(c1cnc(N3CCC(C)(C(=O)O)CC3)nc1)C2. The van der Waals surface area contributed by atoms with E-state index in [2.05, 4.69) is 21.0 Å². The molecule has 3 N–H and O–H groups in total. The average molecular weight is 556 g/mol. The summed E-state index contributed by atoms with van der Waals surface area (Å²) in [5.74, 6) is 2.77. The maximum Gasteiger partial charge on any atom is 0.321 e. The van der Waals surface area contributed by atoms with Crippen LogP contribution in [-0.4, -0.2) is 77.4 Å². The highest BCUT2D eigenvalue weighted by Crippen LogP contribution is 2.39. The molecule has 0 saturated carbocycles. The number of nitrogens with two attached hydrogens (primary N) is 1. The van der Waals surface area contributed by atoms with Gasteiger partial charge in [0.15, 0.2) is 5.13 Å². The predicted octanol–water partition coefficient (Wildman–Crippen LogP) is 3.19. The molecule has 1 unspecified atom stereocenters. The highest BCUT2D eigenvalue weighted by molar-refractivity contribution is 7.17. The second-order valence-corrected chi connectivity index (χ2v) is 10.8. The lowest BCUT2D eigenvalue weighted by molar-refractivity contribution is -0.149. The number of carbonyl (C=O) groups is 2. The highest BCUT2D eigenvalue weighted by atomic mass is 32.1. The zero-order chi connectivity index (χ0) is 28.2. The second-order valence-electron chi connectivity index (χ2n) is 9.81. The predicted molar refractivity (Wildman–Crippen MR) is 149 cm³/mol. The van der Waals surface area contributed by atoms with Crippen LogP contribution >= 0.6 is 11.3 Å². The fraction of sp³-hybridized carbons (Fsp3) is 0.500. The Balaban J connectivity index is 1.60. The molecule has 2 aliphatic rings. The van der Waals surface area contributed by atoms with E-state index in [9.17, 15) is 14.7 Å². The Kier molecular flexibility index (Phi) is 8.63. The van der Waals surface area contributed by atoms with Crippen LogP contribution in [0, 0.1) is 5.41 Å². The van der Waals surface area contributed by atoms with Gasteiger partial charge in [-0.2, -0.15) is 0 Å². The number of hydrogen-bond acceptors (Lipinski definition) is 10. The number of rotatable bonds is 9. The van der Waals surface area contributed by atoms with Crippen molar-refractivity contribution in [2.24, 2.45) is 16.3 Å². The van der Waals surface area contributed by atoms with Crippen LogP contribution in [0.3, 0.4) is 0 Å². The number of carbonyl (C=O) groups excluding carboxylic acids is 1. The van der Waals surface area contributed by atoms with E-state index in [-0.39, 0.29) is 6.10 Å². The van der Waals surface area contributed by atoms with Crippen LogP contribution in [0.2, 0.25) is 0 Å². The van der Waals surface area contributed by atoms with E-state index < -0.39 is 17.4 Å². The quantitative estimate of drug-likeness (QED) is 0.350. The Labute approximate surface area is 230 Å². The number of ether oxygens (including phenoxy) is 1. The molecule has 0 radical (unpaired) electrons. The molecule has 0 aromatic carbocycles. The van der Waals surface area contributed by atoms with E-state index >= 15 is 0 Å². The van der Waals surface area contributed by atoms with Crippen molar-refractivity contribution in [3.63, 3.8) is 0 Å². The number of urea groups is 1. The number of piperidine rings is 1. The van der Waals surface area contributed by atoms with Gasteiger partial charge in [-0.1, -0.05) is 11.3 Å². The van der Waals surface area contributed by atoms with Gasteiger partial charge in [-0.3, -0.25) is 9.69 Å². The molecular formula is C26H33N7O5S. The fourth-order valence-corrected chi connectivity index (χ4v) is 5.52. The number of primary amides is 1. The lowest BCUT2D eigenvalue weighted by Gasteiger charge is -2.36. The maximum atomic E-state index is 11.9. The topological polar surface area (TPSA) is 156 Å². The van der Waals surface area contributed by atoms with E-state index in [4.69, 9.17) is 20.3 Å². The fourth-order valence-electron chi connectivity index (χ4n) is 4.41. The van der Waals surface area contributed by atoms with Crippen LogP contribution in [0.4, 0.5) is 15.9 Å². The monoisotopic (exact) mass is 555 g/mol. The summed E-state index contributed by atoms with van der Waals surface area (Å²) in [5, 5.41) is 14.0. The number of methoxy groups -OCH3 is 1. The summed E-state index contributed by atoms with van der Waals surface area (Å²) in [6.45, 7) is 7.39. The zero-order valence-corrected chi connectivity index (χ0v) is 23.3. The van der Waals surface area contributed by atoms with Crippen molar-refractivity contribution < 1.29 is 24.3 Å². The number of aliphatic carboxylic acids is 1. The molecule has 13 heteroatoms. The summed E-state index contributed by atoms with van der Waals surface area (Å²) < 4.78 is 5.08. The number of anilines is 2. The standard InChI is InChI=1S/C26H33N7O5S/c1-5-33(23(27)36)25-31-20-11-17(10-18(21(20)39-25)14-30-38-16(2)15-37-4)19-12-28-24(29-13-19)32-8-6-26(3,7-9-32)22(34)35/h10,12-13,16H,5-9,11,15H2,1-4H3,(H2,27,36)(H,34,35). The van der Waals surface area contributed by atoms with Gasteiger partial charge in [0.05, 0.1) is 28.2 Å². The first-order chi connectivity index (χ1) is 18.6. The Morgan fingerprint density at radius 1 is 1.33 bits per heavy atom. The van der Waals surface area contributed by atoms with Gasteiger partial charge in [-0.15, -0.1) is 0 Å². The molecule has 1 saturated heterocycles. The van der Waals surface area contributed by atoms with Crippen molar-refractivity contribution >= 4 is 51.4 Å². The molecule has 2 amide bonds. The Hall–Kier alpha value is -3.80. The molecule has 3 heterocycles. The molecule has 1 atom stereocenters. The lowest BCUT2D eigenvalue weighted by Crippen LogP contribution is -2.43. The third-order valence-electron chi connectivity index (χ3n) is 6.90. The molecule has 12 nitrogen and oxygen atoms in total. The maximum absolute atomic E-state index is 11.9. The lowest BCUT2D eigenvalue weighted by atomic mass is 9.80. The molecular weight excluding hydrogens is 522 g/mol. The summed E-state index contributed by atoms with van der Waals surface area (Å²) in [4.78, 5) is 47.0. The van der Waals surface area contributed by atoms with Crippen molar-refractivity contribution in [1.29, 1.82) is 0 Å². The summed E-state index contributed by atoms with van der Waals surface area (Å²) in [7, 11) is 1.59. The first-order valence-corrected chi connectivity index (χ1v) is 13.5. The van der Waals surface area contributed by atoms with Crippen LogP contribution in [0.25, 0.3) is 11.1 Å². The van der Waals surface area contributed by atoms with Gasteiger partial charge < -0.3 is 25.3 Å². The first-order valence-electron chi connectivity index (χ1n) is 12.7. The van der Waals surface area contributed by atoms with Crippen LogP contribution in [0.15, 0.2) is 23.6 Å². The van der Waals surface area contributed by atoms with Crippen LogP contribution in [0.1, 0.15) is 49.7 Å². The van der Waals surface area contributed by atoms with Gasteiger partial charge in [-0.05, 0) is 50.4 Å². The third-order valence-corrected chi connectivity index (χ3v) is 8.05. The molecule has 1 fully saturated rings. The molecule has 208 valence electrons. The van der Waals surface area contributed by atoms with Crippen LogP contribution in [0.5, 0.6) is 0 Å². The Bertz CT molecular complexity index is 1310. The van der Waals surface area contributed by atoms with Crippen molar-refractivity contribution in [3.8, 4) is 0 Å². The van der Waals surface area contributed by atoms with E-state index in [1.54, 1.807) is 26.4 Å². The zero-order valence-electron chi connectivity index (χ0n) is 22.5. The van der Waals surface area contributed by atoms with Gasteiger partial charge in [-0.25, -0.2) is 19.7 Å². The van der Waals surface area contributed by atoms with Gasteiger partial charge in [0, 0.05) is 57.0 Å². The summed E-state index contributed by atoms with van der Waals surface area (Å²) in [6, 6.07) is -0.571. The first kappa shape index (κ1) is 28.2. The van der Waals surface area contributed by atoms with Gasteiger partial charge in [0.25, 0.3) is 0 Å². The smallest absolute Gasteiger partial charge is 0.321 e. The van der Waals surface area contributed by atoms with Crippen LogP contribution in [-0.2, 0) is 20.8 Å². The molecule has 39 heavy (non-hydrogen) atoms. The van der Waals surface area contributed by atoms with Crippen molar-refractivity contribution in [2.45, 2.75) is 46.1 Å². The van der Waals surface area contributed by atoms with Gasteiger partial charge in [0.2, 0.25) is 5.95 Å². The minimum atomic E-state index is -0.768. The number of fused-ring (bicyclic) bond motifs is 1. The molecule has 4 rings (SSSR count). The van der Waals surface area contributed by atoms with E-state index in [1.165, 1.54) is 16.2 Å². The molecule has 1 aliphatic heterocycles. The minimum Gasteiger partial charge on any atom is -0.481 e. The summed E-state index contributed by atoms with van der Waals surface area (Å²) >= 11 is 1.34. The Morgan fingerprint density at radius 2 is 2.03 bits per heavy atom. The van der Waals surface area contributed by atoms with Crippen molar-refractivity contribution in [2.75, 3.05) is 43.2 Å². The number of thiazole rings is 1. The second kappa shape index (κ2) is 11.9. The van der Waals surface area contributed by atoms with Gasteiger partial charge in [0.1, 0.15) is 6.10 Å². The normalized spacial score (nSPS) is 17.0. The third kappa shape index (κ3) is 6.27. The molecule has 1 aliphatic carbocycles. The summed E-state index contributed by atoms with van der Waals surface area (Å²) in [5.41, 5.74) is 7.98. The molecule has 0 bridgehead atoms. The van der Waals surface area contributed by atoms with E-state index in [0.717, 1.165) is 21.7 Å². The molecule has 2 aromatic heterocycles. The van der Waals surface area contributed by atoms with Crippen molar-refractivity contribution in [3.05, 3.63) is 34.6 Å². The van der Waals surface area contributed by atoms with Crippen LogP contribution < -0.4 is 15.5 Å². The number of nitrogens with zero attached hydrogens (tertiary/aromatic N) is 6. The number of allylic oxidation sites excluding steroid dienone is 3. The van der Waals surface area contributed by atoms with E-state index in [1.807, 2.05) is 24.8 Å². The molecule has 2 aromatic rings. The minimum absolute atomic E-state index is 0.249. The number of aromatic nitrogens is 3. The highest BCUT2D eigenvalue weighted by Gasteiger charge is 2.37. The van der Waals surface area contributed by atoms with Crippen molar-refractivity contribution in [1.82, 2.24) is 15.0 Å². The average Bonchev–Trinajstić information content (AvgIpc) is 3.33. The number of hydrogen-bond donors (Lipinski definition) is 2. The number of carboxylic acids is 1. The Morgan fingerprint density at radius 3 is 2.62 bits per heavy atom.